The van der Waals surface area contributed by atoms with Gasteiger partial charge in [-0.25, -0.2) is 9.37 Å². The van der Waals surface area contributed by atoms with Gasteiger partial charge in [0, 0.05) is 23.5 Å². The third-order valence-electron chi connectivity index (χ3n) is 5.02. The summed E-state index contributed by atoms with van der Waals surface area (Å²) in [7, 11) is 0. The Morgan fingerprint density at radius 3 is 2.71 bits per heavy atom. The highest BCUT2D eigenvalue weighted by atomic mass is 19.1. The number of nitrogens with two attached hydrogens (primary N) is 1. The predicted molar refractivity (Wildman–Crippen MR) is 107 cm³/mol. The zero-order valence-corrected chi connectivity index (χ0v) is 15.3. The molecule has 142 valence electrons. The lowest BCUT2D eigenvalue weighted by Gasteiger charge is -2.29. The Bertz CT molecular complexity index is 999. The van der Waals surface area contributed by atoms with E-state index in [1.807, 2.05) is 12.1 Å². The lowest BCUT2D eigenvalue weighted by atomic mass is 9.90. The summed E-state index contributed by atoms with van der Waals surface area (Å²) in [6, 6.07) is 10.6. The lowest BCUT2D eigenvalue weighted by Crippen LogP contribution is -2.37. The summed E-state index contributed by atoms with van der Waals surface area (Å²) < 4.78 is 15.3. The predicted octanol–water partition coefficient (Wildman–Crippen LogP) is 3.09. The molecule has 0 atom stereocenters. The van der Waals surface area contributed by atoms with E-state index in [1.165, 1.54) is 6.20 Å². The van der Waals surface area contributed by atoms with Gasteiger partial charge in [0.15, 0.2) is 5.67 Å². The molecule has 3 aromatic rings. The van der Waals surface area contributed by atoms with Crippen LogP contribution < -0.4 is 11.1 Å². The quantitative estimate of drug-likeness (QED) is 0.608. The van der Waals surface area contributed by atoms with Crippen LogP contribution >= 0.6 is 0 Å². The molecule has 0 aromatic carbocycles. The van der Waals surface area contributed by atoms with Crippen molar-refractivity contribution in [3.8, 4) is 11.3 Å². The minimum Gasteiger partial charge on any atom is -0.397 e. The molecule has 4 rings (SSSR count). The van der Waals surface area contributed by atoms with E-state index in [1.54, 1.807) is 36.7 Å². The summed E-state index contributed by atoms with van der Waals surface area (Å²) in [6.45, 7) is 1.23. The van der Waals surface area contributed by atoms with Crippen molar-refractivity contribution in [3.05, 3.63) is 71.9 Å². The smallest absolute Gasteiger partial charge is 0.155 e. The van der Waals surface area contributed by atoms with Gasteiger partial charge in [-0.1, -0.05) is 6.07 Å². The van der Waals surface area contributed by atoms with Crippen LogP contribution in [0.3, 0.4) is 0 Å². The van der Waals surface area contributed by atoms with Gasteiger partial charge in [-0.3, -0.25) is 15.4 Å². The van der Waals surface area contributed by atoms with E-state index in [4.69, 9.17) is 11.1 Å². The van der Waals surface area contributed by atoms with Gasteiger partial charge in [-0.2, -0.15) is 0 Å². The average molecular weight is 376 g/mol. The van der Waals surface area contributed by atoms with Crippen LogP contribution in [0.25, 0.3) is 11.3 Å². The van der Waals surface area contributed by atoms with Gasteiger partial charge in [0.25, 0.3) is 0 Å². The van der Waals surface area contributed by atoms with Gasteiger partial charge in [-0.05, 0) is 56.3 Å². The second kappa shape index (κ2) is 7.44. The molecule has 3 aromatic heterocycles. The average Bonchev–Trinajstić information content (AvgIpc) is 2.75. The van der Waals surface area contributed by atoms with Gasteiger partial charge in [0.2, 0.25) is 0 Å². The maximum Gasteiger partial charge on any atom is 0.155 e. The number of hydrogen-bond donors (Lipinski definition) is 3. The van der Waals surface area contributed by atoms with E-state index >= 15 is 4.39 Å². The molecule has 0 radical (unpaired) electrons. The van der Waals surface area contributed by atoms with Crippen molar-refractivity contribution >= 4 is 11.4 Å². The Hall–Kier alpha value is -3.19. The largest absolute Gasteiger partial charge is 0.397 e. The topological polar surface area (TPSA) is 101 Å². The van der Waals surface area contributed by atoms with Gasteiger partial charge < -0.3 is 11.1 Å². The van der Waals surface area contributed by atoms with Crippen LogP contribution in [0.1, 0.15) is 29.8 Å². The molecule has 1 fully saturated rings. The molecule has 4 N–H and O–H groups in total. The SMILES string of the molecule is N=C(c1cccc(C2(F)CCNCC2)n1)c1cc(-c2cccnc2)ncc1N. The fraction of sp³-hybridized carbons (Fsp3) is 0.238. The van der Waals surface area contributed by atoms with E-state index in [-0.39, 0.29) is 5.71 Å². The molecular weight excluding hydrogens is 355 g/mol. The Balaban J connectivity index is 1.69. The van der Waals surface area contributed by atoms with Crippen LogP contribution in [0.15, 0.2) is 55.0 Å². The van der Waals surface area contributed by atoms with Gasteiger partial charge in [0.1, 0.15) is 0 Å². The monoisotopic (exact) mass is 376 g/mol. The van der Waals surface area contributed by atoms with Crippen LogP contribution in [0.4, 0.5) is 10.1 Å². The Morgan fingerprint density at radius 1 is 1.14 bits per heavy atom. The number of piperidine rings is 1. The standard InChI is InChI=1S/C21H21FN6/c22-21(6-9-25-10-7-21)19-5-1-4-17(28-19)20(24)15-11-18(27-13-16(15)23)14-3-2-8-26-12-14/h1-5,8,11-13,24-25H,6-7,9-10,23H2. The van der Waals surface area contributed by atoms with E-state index in [0.29, 0.717) is 54.3 Å². The number of nitrogens with one attached hydrogen (secondary N) is 2. The minimum atomic E-state index is -1.47. The molecule has 1 aliphatic rings. The third-order valence-corrected chi connectivity index (χ3v) is 5.02. The number of nitrogen functional groups attached to an aromatic ring is 1. The summed E-state index contributed by atoms with van der Waals surface area (Å²) >= 11 is 0. The molecule has 28 heavy (non-hydrogen) atoms. The van der Waals surface area contributed by atoms with Crippen molar-refractivity contribution in [1.29, 1.82) is 5.41 Å². The lowest BCUT2D eigenvalue weighted by molar-refractivity contribution is 0.110. The summed E-state index contributed by atoms with van der Waals surface area (Å²) in [5, 5.41) is 11.8. The number of alkyl halides is 1. The highest BCUT2D eigenvalue weighted by Crippen LogP contribution is 2.34. The maximum absolute atomic E-state index is 15.3. The highest BCUT2D eigenvalue weighted by molar-refractivity contribution is 6.13. The number of halogens is 1. The first-order valence-electron chi connectivity index (χ1n) is 9.19. The van der Waals surface area contributed by atoms with Crippen LogP contribution in [0, 0.1) is 5.41 Å². The number of pyridine rings is 3. The Kier molecular flexibility index (Phi) is 4.83. The van der Waals surface area contributed by atoms with Crippen LogP contribution in [0.2, 0.25) is 0 Å². The number of hydrogen-bond acceptors (Lipinski definition) is 6. The maximum atomic E-state index is 15.3. The van der Waals surface area contributed by atoms with Crippen molar-refractivity contribution in [2.75, 3.05) is 18.8 Å². The zero-order chi connectivity index (χ0) is 19.6. The van der Waals surface area contributed by atoms with E-state index < -0.39 is 5.67 Å². The summed E-state index contributed by atoms with van der Waals surface area (Å²) in [4.78, 5) is 12.9. The number of anilines is 1. The molecule has 6 nitrogen and oxygen atoms in total. The molecule has 0 saturated carbocycles. The molecule has 0 bridgehead atoms. The second-order valence-corrected chi connectivity index (χ2v) is 6.90. The molecule has 0 spiro atoms. The molecule has 1 aliphatic heterocycles. The second-order valence-electron chi connectivity index (χ2n) is 6.90. The number of nitrogens with zero attached hydrogens (tertiary/aromatic N) is 3. The Labute approximate surface area is 162 Å². The third kappa shape index (κ3) is 3.48. The molecule has 0 unspecified atom stereocenters. The normalized spacial score (nSPS) is 15.9. The number of rotatable bonds is 4. The van der Waals surface area contributed by atoms with Crippen molar-refractivity contribution < 1.29 is 4.39 Å². The fourth-order valence-electron chi connectivity index (χ4n) is 3.40. The number of aromatic nitrogens is 3. The zero-order valence-electron chi connectivity index (χ0n) is 15.3. The van der Waals surface area contributed by atoms with Gasteiger partial charge >= 0.3 is 0 Å². The van der Waals surface area contributed by atoms with Gasteiger partial charge in [0.05, 0.1) is 34.7 Å². The molecule has 4 heterocycles. The van der Waals surface area contributed by atoms with Crippen molar-refractivity contribution in [3.63, 3.8) is 0 Å². The molecule has 7 heteroatoms. The summed E-state index contributed by atoms with van der Waals surface area (Å²) in [6.07, 6.45) is 5.67. The molecule has 0 aliphatic carbocycles. The van der Waals surface area contributed by atoms with Crippen LogP contribution in [-0.2, 0) is 5.67 Å². The fourth-order valence-corrected chi connectivity index (χ4v) is 3.40. The van der Waals surface area contributed by atoms with Crippen LogP contribution in [-0.4, -0.2) is 33.8 Å². The Morgan fingerprint density at radius 2 is 1.96 bits per heavy atom. The van der Waals surface area contributed by atoms with Crippen LogP contribution in [0.5, 0.6) is 0 Å². The first-order chi connectivity index (χ1) is 13.6. The van der Waals surface area contributed by atoms with Crippen molar-refractivity contribution in [2.24, 2.45) is 0 Å². The molecular formula is C21H21FN6. The van der Waals surface area contributed by atoms with Crippen molar-refractivity contribution in [1.82, 2.24) is 20.3 Å². The summed E-state index contributed by atoms with van der Waals surface area (Å²) in [5.74, 6) is 0. The summed E-state index contributed by atoms with van der Waals surface area (Å²) in [5.41, 5.74) is 7.91. The highest BCUT2D eigenvalue weighted by Gasteiger charge is 2.35. The van der Waals surface area contributed by atoms with Gasteiger partial charge in [-0.15, -0.1) is 0 Å². The van der Waals surface area contributed by atoms with E-state index in [0.717, 1.165) is 5.56 Å². The van der Waals surface area contributed by atoms with E-state index in [2.05, 4.69) is 20.3 Å². The molecule has 1 saturated heterocycles. The first kappa shape index (κ1) is 18.2. The first-order valence-corrected chi connectivity index (χ1v) is 9.19. The minimum absolute atomic E-state index is 0.143. The van der Waals surface area contributed by atoms with Crippen molar-refractivity contribution in [2.45, 2.75) is 18.5 Å². The van der Waals surface area contributed by atoms with E-state index in [9.17, 15) is 0 Å². The molecule has 0 amide bonds.